The Bertz CT molecular complexity index is 1280. The van der Waals surface area contributed by atoms with E-state index >= 15 is 0 Å². The van der Waals surface area contributed by atoms with Crippen LogP contribution in [0.5, 0.6) is 11.8 Å². The molecule has 2 unspecified atom stereocenters. The summed E-state index contributed by atoms with van der Waals surface area (Å²) in [5, 5.41) is 8.24. The monoisotopic (exact) mass is 391 g/mol. The molecule has 1 aromatic carbocycles. The summed E-state index contributed by atoms with van der Waals surface area (Å²) in [6, 6.07) is 1.92. The number of anilines is 1. The number of aryl methyl sites for hydroxylation is 1. The van der Waals surface area contributed by atoms with Crippen molar-refractivity contribution >= 4 is 27.6 Å². The fourth-order valence-corrected chi connectivity index (χ4v) is 4.38. The Kier molecular flexibility index (Phi) is 3.34. The van der Waals surface area contributed by atoms with E-state index in [0.29, 0.717) is 34.9 Å². The van der Waals surface area contributed by atoms with Crippen molar-refractivity contribution in [2.45, 2.75) is 25.3 Å². The second kappa shape index (κ2) is 5.84. The molecule has 1 fully saturated rings. The van der Waals surface area contributed by atoms with Crippen molar-refractivity contribution < 1.29 is 9.13 Å². The summed E-state index contributed by atoms with van der Waals surface area (Å²) in [4.78, 5) is 21.0. The molecule has 2 atom stereocenters. The summed E-state index contributed by atoms with van der Waals surface area (Å²) < 4.78 is 20.8. The fraction of sp³-hybridized carbons (Fsp3) is 0.300. The third-order valence-corrected chi connectivity index (χ3v) is 5.89. The molecule has 1 saturated heterocycles. The minimum absolute atomic E-state index is 0.147. The Morgan fingerprint density at radius 2 is 2.03 bits per heavy atom. The maximum Gasteiger partial charge on any atom is 0.324 e. The number of hydrogen-bond acceptors (Lipinski definition) is 7. The van der Waals surface area contributed by atoms with Crippen molar-refractivity contribution in [3.63, 3.8) is 0 Å². The van der Waals surface area contributed by atoms with E-state index in [1.165, 1.54) is 0 Å². The molecule has 0 amide bonds. The van der Waals surface area contributed by atoms with Gasteiger partial charge in [0.25, 0.3) is 0 Å². The Balaban J connectivity index is 1.61. The van der Waals surface area contributed by atoms with Gasteiger partial charge in [0.05, 0.1) is 29.3 Å². The minimum atomic E-state index is -0.208. The Labute approximate surface area is 164 Å². The molecule has 1 aliphatic heterocycles. The van der Waals surface area contributed by atoms with Crippen LogP contribution < -0.4 is 15.4 Å². The Morgan fingerprint density at radius 1 is 1.21 bits per heavy atom. The number of fused-ring (bicyclic) bond motifs is 2. The number of hydrogen-bond donors (Lipinski definition) is 3. The van der Waals surface area contributed by atoms with Crippen LogP contribution in [0.25, 0.3) is 21.9 Å². The number of halogens is 1. The van der Waals surface area contributed by atoms with Crippen molar-refractivity contribution in [2.75, 3.05) is 18.9 Å². The average molecular weight is 391 g/mol. The molecule has 1 aliphatic carbocycles. The summed E-state index contributed by atoms with van der Waals surface area (Å²) >= 11 is 0. The van der Waals surface area contributed by atoms with Gasteiger partial charge in [-0.25, -0.2) is 14.4 Å². The van der Waals surface area contributed by atoms with E-state index in [1.807, 2.05) is 6.92 Å². The van der Waals surface area contributed by atoms with Crippen LogP contribution in [0.1, 0.15) is 23.0 Å². The van der Waals surface area contributed by atoms with Crippen molar-refractivity contribution in [1.82, 2.24) is 30.2 Å². The van der Waals surface area contributed by atoms with Gasteiger partial charge < -0.3 is 20.4 Å². The van der Waals surface area contributed by atoms with Gasteiger partial charge in [-0.05, 0) is 25.0 Å². The van der Waals surface area contributed by atoms with Crippen LogP contribution >= 0.6 is 0 Å². The molecule has 0 saturated carbocycles. The summed E-state index contributed by atoms with van der Waals surface area (Å²) in [6.45, 7) is 2.61. The molecule has 4 heterocycles. The van der Waals surface area contributed by atoms with Crippen LogP contribution in [-0.2, 0) is 6.42 Å². The molecule has 2 aliphatic rings. The van der Waals surface area contributed by atoms with E-state index in [-0.39, 0.29) is 23.8 Å². The largest absolute Gasteiger partial charge is 0.421 e. The molecule has 0 radical (unpaired) electrons. The lowest BCUT2D eigenvalue weighted by Crippen LogP contribution is -2.52. The van der Waals surface area contributed by atoms with Crippen LogP contribution in [0.3, 0.4) is 0 Å². The lowest BCUT2D eigenvalue weighted by molar-refractivity contribution is 0.302. The summed E-state index contributed by atoms with van der Waals surface area (Å²) in [6.07, 6.45) is 3.81. The number of aromatic nitrogens is 5. The van der Waals surface area contributed by atoms with E-state index in [4.69, 9.17) is 9.72 Å². The van der Waals surface area contributed by atoms with Gasteiger partial charge in [-0.3, -0.25) is 0 Å². The lowest BCUT2D eigenvalue weighted by atomic mass is 9.85. The fourth-order valence-electron chi connectivity index (χ4n) is 4.38. The number of nitrogens with zero attached hydrogens (tertiary/aromatic N) is 4. The summed E-state index contributed by atoms with van der Waals surface area (Å²) in [7, 11) is 1.78. The quantitative estimate of drug-likeness (QED) is 0.494. The van der Waals surface area contributed by atoms with Gasteiger partial charge in [0, 0.05) is 36.3 Å². The average Bonchev–Trinajstić information content (AvgIpc) is 3.03. The SMILES string of the molecule is CNc1cc(F)c2c3c1[nH]c1nc(Oc4cnc(C)nc4)nc(c13)C1CNC1C2. The van der Waals surface area contributed by atoms with Crippen molar-refractivity contribution in [3.8, 4) is 11.8 Å². The first-order valence-electron chi connectivity index (χ1n) is 9.54. The van der Waals surface area contributed by atoms with Crippen LogP contribution in [0.4, 0.5) is 10.1 Å². The zero-order valence-corrected chi connectivity index (χ0v) is 15.9. The first-order chi connectivity index (χ1) is 14.1. The predicted molar refractivity (Wildman–Crippen MR) is 106 cm³/mol. The molecule has 9 heteroatoms. The third kappa shape index (κ3) is 2.34. The highest BCUT2D eigenvalue weighted by atomic mass is 19.1. The van der Waals surface area contributed by atoms with E-state index in [1.54, 1.807) is 25.5 Å². The third-order valence-electron chi connectivity index (χ3n) is 5.89. The molecule has 3 aromatic heterocycles. The van der Waals surface area contributed by atoms with E-state index in [0.717, 1.165) is 28.5 Å². The molecule has 8 nitrogen and oxygen atoms in total. The van der Waals surface area contributed by atoms with Crippen molar-refractivity contribution in [3.05, 3.63) is 41.4 Å². The zero-order chi connectivity index (χ0) is 19.7. The van der Waals surface area contributed by atoms with Gasteiger partial charge in [0.15, 0.2) is 5.75 Å². The van der Waals surface area contributed by atoms with E-state index in [2.05, 4.69) is 30.6 Å². The second-order valence-corrected chi connectivity index (χ2v) is 7.52. The molecular formula is C20H18FN7O. The molecule has 29 heavy (non-hydrogen) atoms. The molecule has 3 N–H and O–H groups in total. The zero-order valence-electron chi connectivity index (χ0n) is 15.9. The highest BCUT2D eigenvalue weighted by molar-refractivity contribution is 6.13. The maximum atomic E-state index is 14.9. The van der Waals surface area contributed by atoms with Crippen LogP contribution in [-0.4, -0.2) is 44.6 Å². The summed E-state index contributed by atoms with van der Waals surface area (Å²) in [5.74, 6) is 1.10. The molecule has 146 valence electrons. The molecule has 0 spiro atoms. The number of ether oxygens (including phenoxy) is 1. The minimum Gasteiger partial charge on any atom is -0.421 e. The Morgan fingerprint density at radius 3 is 2.76 bits per heavy atom. The van der Waals surface area contributed by atoms with Crippen molar-refractivity contribution in [2.24, 2.45) is 0 Å². The first-order valence-corrected chi connectivity index (χ1v) is 9.54. The number of benzene rings is 1. The molecular weight excluding hydrogens is 373 g/mol. The van der Waals surface area contributed by atoms with Gasteiger partial charge in [0.1, 0.15) is 17.3 Å². The molecule has 6 rings (SSSR count). The Hall–Kier alpha value is -3.33. The van der Waals surface area contributed by atoms with Gasteiger partial charge in [0.2, 0.25) is 0 Å². The lowest BCUT2D eigenvalue weighted by Gasteiger charge is -2.37. The van der Waals surface area contributed by atoms with Gasteiger partial charge in [-0.15, -0.1) is 0 Å². The number of H-pyrrole nitrogens is 1. The molecule has 4 aromatic rings. The van der Waals surface area contributed by atoms with Crippen LogP contribution in [0, 0.1) is 12.7 Å². The summed E-state index contributed by atoms with van der Waals surface area (Å²) in [5.41, 5.74) is 3.77. The van der Waals surface area contributed by atoms with E-state index < -0.39 is 0 Å². The highest BCUT2D eigenvalue weighted by Crippen LogP contribution is 2.44. The van der Waals surface area contributed by atoms with Gasteiger partial charge >= 0.3 is 6.01 Å². The predicted octanol–water partition coefficient (Wildman–Crippen LogP) is 2.79. The maximum absolute atomic E-state index is 14.9. The molecule has 0 bridgehead atoms. The standard InChI is InChI=1S/C20H18FN7O/c1-8-23-5-9(6-24-8)29-20-27-17-11-7-25-13(11)3-10-12(21)4-14(22-2)18-15(10)16(17)19(26-18)28-20/h4-6,11,13,22,25H,3,7H2,1-2H3,(H,26,27,28). The van der Waals surface area contributed by atoms with Crippen molar-refractivity contribution in [1.29, 1.82) is 0 Å². The van der Waals surface area contributed by atoms with Crippen LogP contribution in [0.15, 0.2) is 18.5 Å². The number of rotatable bonds is 3. The smallest absolute Gasteiger partial charge is 0.324 e. The number of nitrogens with one attached hydrogen (secondary N) is 3. The van der Waals surface area contributed by atoms with Crippen LogP contribution in [0.2, 0.25) is 0 Å². The topological polar surface area (TPSA) is 101 Å². The first kappa shape index (κ1) is 16.6. The van der Waals surface area contributed by atoms with Gasteiger partial charge in [-0.1, -0.05) is 0 Å². The van der Waals surface area contributed by atoms with Gasteiger partial charge in [-0.2, -0.15) is 9.97 Å². The number of aromatic amines is 1. The van der Waals surface area contributed by atoms with E-state index in [9.17, 15) is 4.39 Å². The normalized spacial score (nSPS) is 19.8. The highest BCUT2D eigenvalue weighted by Gasteiger charge is 2.39. The second-order valence-electron chi connectivity index (χ2n) is 7.52.